The lowest BCUT2D eigenvalue weighted by Gasteiger charge is -2.31. The number of nitrogens with zero attached hydrogens (tertiary/aromatic N) is 3. The van der Waals surface area contributed by atoms with Crippen LogP contribution < -0.4 is 4.74 Å². The van der Waals surface area contributed by atoms with Crippen molar-refractivity contribution in [3.63, 3.8) is 0 Å². The molecule has 2 heterocycles. The highest BCUT2D eigenvalue weighted by Crippen LogP contribution is 2.24. The van der Waals surface area contributed by atoms with Gasteiger partial charge in [-0.2, -0.15) is 4.31 Å². The Balaban J connectivity index is 1.64. The molecule has 0 saturated carbocycles. The summed E-state index contributed by atoms with van der Waals surface area (Å²) in [6.45, 7) is 1.15. The van der Waals surface area contributed by atoms with Crippen LogP contribution in [0.25, 0.3) is 0 Å². The molecule has 0 spiro atoms. The lowest BCUT2D eigenvalue weighted by atomic mass is 10.0. The van der Waals surface area contributed by atoms with Crippen LogP contribution in [0.4, 0.5) is 4.39 Å². The maximum absolute atomic E-state index is 13.0. The maximum Gasteiger partial charge on any atom is 0.316 e. The molecule has 0 aliphatic carbocycles. The maximum atomic E-state index is 13.0. The quantitative estimate of drug-likeness (QED) is 0.730. The third kappa shape index (κ3) is 4.53. The fraction of sp³-hybridized carbons (Fsp3) is 0.375. The molecule has 2 aromatic rings. The average Bonchev–Trinajstić information content (AvgIpc) is 2.62. The smallest absolute Gasteiger partial charge is 0.316 e. The van der Waals surface area contributed by atoms with Crippen molar-refractivity contribution in [1.82, 2.24) is 14.3 Å². The van der Waals surface area contributed by atoms with E-state index in [1.165, 1.54) is 16.4 Å². The molecule has 1 aliphatic heterocycles. The molecule has 0 N–H and O–H groups in total. The molecular formula is C16H17BrFN3O3S. The molecule has 1 aromatic heterocycles. The van der Waals surface area contributed by atoms with Gasteiger partial charge < -0.3 is 4.74 Å². The Morgan fingerprint density at radius 3 is 2.60 bits per heavy atom. The molecule has 0 amide bonds. The van der Waals surface area contributed by atoms with Gasteiger partial charge in [0.05, 0.1) is 16.0 Å². The van der Waals surface area contributed by atoms with Crippen molar-refractivity contribution in [2.75, 3.05) is 19.7 Å². The lowest BCUT2D eigenvalue weighted by Crippen LogP contribution is -2.41. The van der Waals surface area contributed by atoms with Crippen molar-refractivity contribution in [2.24, 2.45) is 5.92 Å². The molecule has 1 unspecified atom stereocenters. The number of hydrogen-bond donors (Lipinski definition) is 0. The molecular weight excluding hydrogens is 413 g/mol. The van der Waals surface area contributed by atoms with Gasteiger partial charge in [-0.3, -0.25) is 0 Å². The molecule has 9 heteroatoms. The van der Waals surface area contributed by atoms with Gasteiger partial charge in [0.15, 0.2) is 0 Å². The van der Waals surface area contributed by atoms with E-state index in [2.05, 4.69) is 25.9 Å². The number of rotatable bonds is 5. The third-order valence-corrected chi connectivity index (χ3v) is 6.27. The van der Waals surface area contributed by atoms with E-state index in [1.54, 1.807) is 12.4 Å². The number of sulfonamides is 1. The van der Waals surface area contributed by atoms with Crippen molar-refractivity contribution in [1.29, 1.82) is 0 Å². The molecule has 1 saturated heterocycles. The molecule has 3 rings (SSSR count). The van der Waals surface area contributed by atoms with E-state index in [0.717, 1.165) is 29.4 Å². The minimum absolute atomic E-state index is 0.0521. The van der Waals surface area contributed by atoms with Crippen LogP contribution >= 0.6 is 15.9 Å². The number of hydrogen-bond acceptors (Lipinski definition) is 5. The van der Waals surface area contributed by atoms with Crippen molar-refractivity contribution in [3.05, 3.63) is 46.9 Å². The Morgan fingerprint density at radius 1 is 1.24 bits per heavy atom. The Kier molecular flexibility index (Phi) is 5.65. The Hall–Kier alpha value is -1.58. The van der Waals surface area contributed by atoms with E-state index in [1.807, 2.05) is 0 Å². The highest BCUT2D eigenvalue weighted by Gasteiger charge is 2.30. The molecule has 1 atom stereocenters. The second-order valence-electron chi connectivity index (χ2n) is 5.82. The van der Waals surface area contributed by atoms with Crippen molar-refractivity contribution in [3.8, 4) is 6.01 Å². The van der Waals surface area contributed by atoms with Crippen LogP contribution in [-0.2, 0) is 10.0 Å². The summed E-state index contributed by atoms with van der Waals surface area (Å²) in [5, 5.41) is 0. The summed E-state index contributed by atoms with van der Waals surface area (Å²) in [4.78, 5) is 8.18. The van der Waals surface area contributed by atoms with Gasteiger partial charge in [-0.05, 0) is 53.0 Å². The number of halogens is 2. The van der Waals surface area contributed by atoms with Crippen LogP contribution in [-0.4, -0.2) is 42.4 Å². The number of aromatic nitrogens is 2. The lowest BCUT2D eigenvalue weighted by molar-refractivity contribution is 0.171. The van der Waals surface area contributed by atoms with Gasteiger partial charge in [0.25, 0.3) is 0 Å². The first-order valence-corrected chi connectivity index (χ1v) is 10.0. The summed E-state index contributed by atoms with van der Waals surface area (Å²) < 4.78 is 46.2. The van der Waals surface area contributed by atoms with Crippen molar-refractivity contribution in [2.45, 2.75) is 17.7 Å². The van der Waals surface area contributed by atoms with Crippen LogP contribution in [0.1, 0.15) is 12.8 Å². The van der Waals surface area contributed by atoms with Crippen LogP contribution in [0.2, 0.25) is 0 Å². The van der Waals surface area contributed by atoms with E-state index in [4.69, 9.17) is 4.74 Å². The zero-order valence-electron chi connectivity index (χ0n) is 13.3. The van der Waals surface area contributed by atoms with Crippen LogP contribution in [0.5, 0.6) is 6.01 Å². The van der Waals surface area contributed by atoms with Crippen molar-refractivity contribution < 1.29 is 17.5 Å². The van der Waals surface area contributed by atoms with Gasteiger partial charge >= 0.3 is 6.01 Å². The zero-order valence-corrected chi connectivity index (χ0v) is 15.7. The normalized spacial score (nSPS) is 18.9. The molecule has 134 valence electrons. The van der Waals surface area contributed by atoms with E-state index in [-0.39, 0.29) is 16.8 Å². The summed E-state index contributed by atoms with van der Waals surface area (Å²) in [5.74, 6) is -0.408. The Morgan fingerprint density at radius 2 is 1.92 bits per heavy atom. The second-order valence-corrected chi connectivity index (χ2v) is 8.67. The van der Waals surface area contributed by atoms with E-state index >= 15 is 0 Å². The summed E-state index contributed by atoms with van der Waals surface area (Å²) in [6.07, 6.45) is 4.80. The Labute approximate surface area is 154 Å². The molecule has 1 aliphatic rings. The molecule has 6 nitrogen and oxygen atoms in total. The van der Waals surface area contributed by atoms with E-state index in [0.29, 0.717) is 19.7 Å². The number of benzene rings is 1. The summed E-state index contributed by atoms with van der Waals surface area (Å²) in [6, 6.07) is 5.16. The molecule has 0 radical (unpaired) electrons. The largest absolute Gasteiger partial charge is 0.463 e. The molecule has 1 aromatic carbocycles. The van der Waals surface area contributed by atoms with Gasteiger partial charge in [-0.15, -0.1) is 0 Å². The summed E-state index contributed by atoms with van der Waals surface area (Å²) in [5.41, 5.74) is 0. The van der Waals surface area contributed by atoms with Gasteiger partial charge in [0, 0.05) is 31.4 Å². The summed E-state index contributed by atoms with van der Waals surface area (Å²) >= 11 is 3.25. The first-order valence-electron chi connectivity index (χ1n) is 7.81. The minimum Gasteiger partial charge on any atom is -0.463 e. The predicted molar refractivity (Wildman–Crippen MR) is 93.1 cm³/mol. The number of ether oxygens (including phenoxy) is 1. The molecule has 0 bridgehead atoms. The fourth-order valence-corrected chi connectivity index (χ4v) is 4.46. The van der Waals surface area contributed by atoms with Crippen molar-refractivity contribution >= 4 is 26.0 Å². The number of piperidine rings is 1. The van der Waals surface area contributed by atoms with E-state index in [9.17, 15) is 12.8 Å². The first kappa shape index (κ1) is 18.2. The van der Waals surface area contributed by atoms with Crippen LogP contribution in [0, 0.1) is 11.7 Å². The highest BCUT2D eigenvalue weighted by atomic mass is 79.9. The predicted octanol–water partition coefficient (Wildman–Crippen LogP) is 2.86. The fourth-order valence-electron chi connectivity index (χ4n) is 2.70. The SMILES string of the molecule is O=S(=O)(c1ccc(F)cc1)N1CCCC(COc2ncc(Br)cn2)C1. The van der Waals surface area contributed by atoms with Crippen LogP contribution in [0.15, 0.2) is 46.0 Å². The first-order chi connectivity index (χ1) is 11.9. The second kappa shape index (κ2) is 7.76. The molecule has 25 heavy (non-hydrogen) atoms. The van der Waals surface area contributed by atoms with Gasteiger partial charge in [-0.25, -0.2) is 22.8 Å². The average molecular weight is 430 g/mol. The van der Waals surface area contributed by atoms with Gasteiger partial charge in [-0.1, -0.05) is 0 Å². The van der Waals surface area contributed by atoms with Gasteiger partial charge in [0.1, 0.15) is 5.82 Å². The monoisotopic (exact) mass is 429 g/mol. The third-order valence-electron chi connectivity index (χ3n) is 3.98. The summed E-state index contributed by atoms with van der Waals surface area (Å²) in [7, 11) is -3.63. The van der Waals surface area contributed by atoms with Crippen LogP contribution in [0.3, 0.4) is 0 Å². The Bertz CT molecular complexity index is 816. The minimum atomic E-state index is -3.63. The standard InChI is InChI=1S/C16H17BrFN3O3S/c17-13-8-19-16(20-9-13)24-11-12-2-1-7-21(10-12)25(22,23)15-5-3-14(18)4-6-15/h3-6,8-9,12H,1-2,7,10-11H2. The van der Waals surface area contributed by atoms with Gasteiger partial charge in [0.2, 0.25) is 10.0 Å². The topological polar surface area (TPSA) is 72.4 Å². The van der Waals surface area contributed by atoms with E-state index < -0.39 is 15.8 Å². The highest BCUT2D eigenvalue weighted by molar-refractivity contribution is 9.10. The molecule has 1 fully saturated rings. The zero-order chi connectivity index (χ0) is 17.9.